The Morgan fingerprint density at radius 3 is 2.50 bits per heavy atom. The first kappa shape index (κ1) is 7.05. The summed E-state index contributed by atoms with van der Waals surface area (Å²) in [5.74, 6) is -1.76. The molecule has 1 rings (SSSR count). The zero-order valence-electron chi connectivity index (χ0n) is 5.37. The summed E-state index contributed by atoms with van der Waals surface area (Å²) in [6.07, 6.45) is 1.25. The largest absolute Gasteiger partial charge is 0.481 e. The Bertz CT molecular complexity index is 159. The van der Waals surface area contributed by atoms with Crippen molar-refractivity contribution in [3.05, 3.63) is 0 Å². The topological polar surface area (TPSA) is 63.6 Å². The smallest absolute Gasteiger partial charge is 0.317 e. The summed E-state index contributed by atoms with van der Waals surface area (Å²) in [5.41, 5.74) is 0. The van der Waals surface area contributed by atoms with Crippen LogP contribution in [0.15, 0.2) is 0 Å². The maximum atomic E-state index is 10.5. The zero-order valence-corrected chi connectivity index (χ0v) is 5.37. The molecule has 1 fully saturated rings. The SMILES string of the molecule is O=C(O)CC(=O)OC1CC1. The third-order valence-electron chi connectivity index (χ3n) is 1.12. The van der Waals surface area contributed by atoms with Gasteiger partial charge in [-0.1, -0.05) is 0 Å². The van der Waals surface area contributed by atoms with Gasteiger partial charge < -0.3 is 9.84 Å². The van der Waals surface area contributed by atoms with Gasteiger partial charge in [0.2, 0.25) is 0 Å². The van der Waals surface area contributed by atoms with Gasteiger partial charge in [0.1, 0.15) is 12.5 Å². The van der Waals surface area contributed by atoms with Crippen molar-refractivity contribution in [1.29, 1.82) is 0 Å². The quantitative estimate of drug-likeness (QED) is 0.453. The molecular formula is C6H8O4. The summed E-state index contributed by atoms with van der Waals surface area (Å²) >= 11 is 0. The van der Waals surface area contributed by atoms with E-state index in [1.54, 1.807) is 0 Å². The standard InChI is InChI=1S/C6H8O4/c7-5(8)3-6(9)10-4-1-2-4/h4H,1-3H2,(H,7,8). The van der Waals surface area contributed by atoms with Crippen LogP contribution in [0.25, 0.3) is 0 Å². The molecule has 0 aromatic rings. The molecule has 0 aromatic carbocycles. The van der Waals surface area contributed by atoms with Crippen LogP contribution in [0.5, 0.6) is 0 Å². The van der Waals surface area contributed by atoms with Crippen LogP contribution in [0.1, 0.15) is 19.3 Å². The highest BCUT2D eigenvalue weighted by Crippen LogP contribution is 2.23. The van der Waals surface area contributed by atoms with Gasteiger partial charge in [-0.15, -0.1) is 0 Å². The summed E-state index contributed by atoms with van der Waals surface area (Å²) in [7, 11) is 0. The molecule has 0 bridgehead atoms. The maximum absolute atomic E-state index is 10.5. The van der Waals surface area contributed by atoms with E-state index in [1.807, 2.05) is 0 Å². The molecule has 4 heteroatoms. The van der Waals surface area contributed by atoms with Gasteiger partial charge in [0.05, 0.1) is 0 Å². The van der Waals surface area contributed by atoms with Crippen LogP contribution in [0.2, 0.25) is 0 Å². The molecule has 4 nitrogen and oxygen atoms in total. The van der Waals surface area contributed by atoms with Gasteiger partial charge in [-0.3, -0.25) is 9.59 Å². The predicted molar refractivity (Wildman–Crippen MR) is 31.4 cm³/mol. The minimum absolute atomic E-state index is 0.00634. The number of carbonyl (C=O) groups excluding carboxylic acids is 1. The Morgan fingerprint density at radius 2 is 2.10 bits per heavy atom. The summed E-state index contributed by atoms with van der Waals surface area (Å²) in [6.45, 7) is 0. The number of carboxylic acid groups (broad SMARTS) is 1. The van der Waals surface area contributed by atoms with Gasteiger partial charge >= 0.3 is 11.9 Å². The average Bonchev–Trinajstić information content (AvgIpc) is 2.46. The second-order valence-electron chi connectivity index (χ2n) is 2.26. The Balaban J connectivity index is 2.14. The minimum atomic E-state index is -1.13. The van der Waals surface area contributed by atoms with Gasteiger partial charge in [-0.05, 0) is 12.8 Å². The minimum Gasteiger partial charge on any atom is -0.481 e. The van der Waals surface area contributed by atoms with Crippen LogP contribution in [0, 0.1) is 0 Å². The van der Waals surface area contributed by atoms with Crippen molar-refractivity contribution in [2.24, 2.45) is 0 Å². The lowest BCUT2D eigenvalue weighted by Crippen LogP contribution is -2.11. The number of aliphatic carboxylic acids is 1. The van der Waals surface area contributed by atoms with E-state index in [4.69, 9.17) is 5.11 Å². The third-order valence-corrected chi connectivity index (χ3v) is 1.12. The molecule has 0 spiro atoms. The molecular weight excluding hydrogens is 136 g/mol. The lowest BCUT2D eigenvalue weighted by atomic mass is 10.4. The molecule has 0 amide bonds. The Hall–Kier alpha value is -1.06. The Morgan fingerprint density at radius 1 is 1.50 bits per heavy atom. The number of carbonyl (C=O) groups is 2. The van der Waals surface area contributed by atoms with Crippen LogP contribution >= 0.6 is 0 Å². The first-order valence-corrected chi connectivity index (χ1v) is 3.10. The van der Waals surface area contributed by atoms with Gasteiger partial charge in [-0.2, -0.15) is 0 Å². The van der Waals surface area contributed by atoms with E-state index >= 15 is 0 Å². The Labute approximate surface area is 57.8 Å². The molecule has 0 atom stereocenters. The first-order chi connectivity index (χ1) is 4.68. The van der Waals surface area contributed by atoms with Crippen LogP contribution in [0.3, 0.4) is 0 Å². The normalized spacial score (nSPS) is 16.4. The molecule has 1 N–H and O–H groups in total. The number of hydrogen-bond acceptors (Lipinski definition) is 3. The number of rotatable bonds is 3. The lowest BCUT2D eigenvalue weighted by Gasteiger charge is -1.97. The fourth-order valence-corrected chi connectivity index (χ4v) is 0.537. The molecule has 56 valence electrons. The molecule has 0 aromatic heterocycles. The van der Waals surface area contributed by atoms with Crippen molar-refractivity contribution in [2.75, 3.05) is 0 Å². The van der Waals surface area contributed by atoms with Crippen molar-refractivity contribution in [3.63, 3.8) is 0 Å². The fraction of sp³-hybridized carbons (Fsp3) is 0.667. The highest BCUT2D eigenvalue weighted by molar-refractivity contribution is 5.90. The summed E-state index contributed by atoms with van der Waals surface area (Å²) in [4.78, 5) is 20.4. The molecule has 1 aliphatic rings. The summed E-state index contributed by atoms with van der Waals surface area (Å²) < 4.78 is 4.65. The molecule has 0 aliphatic heterocycles. The van der Waals surface area contributed by atoms with Gasteiger partial charge in [-0.25, -0.2) is 0 Å². The fourth-order valence-electron chi connectivity index (χ4n) is 0.537. The molecule has 0 radical (unpaired) electrons. The van der Waals surface area contributed by atoms with Gasteiger partial charge in [0.25, 0.3) is 0 Å². The summed E-state index contributed by atoms with van der Waals surface area (Å²) in [5, 5.41) is 8.12. The van der Waals surface area contributed by atoms with E-state index in [1.165, 1.54) is 0 Å². The van der Waals surface area contributed by atoms with Crippen molar-refractivity contribution in [1.82, 2.24) is 0 Å². The molecule has 1 saturated carbocycles. The average molecular weight is 144 g/mol. The summed E-state index contributed by atoms with van der Waals surface area (Å²) in [6, 6.07) is 0. The van der Waals surface area contributed by atoms with Crippen LogP contribution in [0.4, 0.5) is 0 Å². The second kappa shape index (κ2) is 2.68. The molecule has 0 unspecified atom stereocenters. The molecule has 0 heterocycles. The van der Waals surface area contributed by atoms with Crippen molar-refractivity contribution in [2.45, 2.75) is 25.4 Å². The predicted octanol–water partition coefficient (Wildman–Crippen LogP) is 0.167. The lowest BCUT2D eigenvalue weighted by molar-refractivity contribution is -0.152. The number of ether oxygens (including phenoxy) is 1. The van der Waals surface area contributed by atoms with Crippen LogP contribution in [-0.2, 0) is 14.3 Å². The molecule has 0 saturated heterocycles. The van der Waals surface area contributed by atoms with E-state index < -0.39 is 18.4 Å². The first-order valence-electron chi connectivity index (χ1n) is 3.10. The number of esters is 1. The van der Waals surface area contributed by atoms with E-state index in [-0.39, 0.29) is 6.10 Å². The molecule has 10 heavy (non-hydrogen) atoms. The maximum Gasteiger partial charge on any atom is 0.317 e. The van der Waals surface area contributed by atoms with Crippen molar-refractivity contribution < 1.29 is 19.4 Å². The molecule has 1 aliphatic carbocycles. The van der Waals surface area contributed by atoms with Gasteiger partial charge in [0, 0.05) is 0 Å². The van der Waals surface area contributed by atoms with Crippen molar-refractivity contribution in [3.8, 4) is 0 Å². The second-order valence-corrected chi connectivity index (χ2v) is 2.26. The van der Waals surface area contributed by atoms with Crippen LogP contribution in [-0.4, -0.2) is 23.1 Å². The number of carboxylic acids is 1. The van der Waals surface area contributed by atoms with Crippen molar-refractivity contribution >= 4 is 11.9 Å². The monoisotopic (exact) mass is 144 g/mol. The highest BCUT2D eigenvalue weighted by Gasteiger charge is 2.26. The Kier molecular flexibility index (Phi) is 1.89. The highest BCUT2D eigenvalue weighted by atomic mass is 16.5. The zero-order chi connectivity index (χ0) is 7.56. The third kappa shape index (κ3) is 2.48. The van der Waals surface area contributed by atoms with Crippen LogP contribution < -0.4 is 0 Å². The van der Waals surface area contributed by atoms with E-state index in [0.29, 0.717) is 0 Å². The van der Waals surface area contributed by atoms with Gasteiger partial charge in [0.15, 0.2) is 0 Å². The van der Waals surface area contributed by atoms with E-state index in [0.717, 1.165) is 12.8 Å². The van der Waals surface area contributed by atoms with E-state index in [9.17, 15) is 9.59 Å². The number of hydrogen-bond donors (Lipinski definition) is 1. The van der Waals surface area contributed by atoms with E-state index in [2.05, 4.69) is 4.74 Å².